The molecule has 2 fully saturated rings. The van der Waals surface area contributed by atoms with E-state index in [0.717, 1.165) is 31.6 Å². The van der Waals surface area contributed by atoms with Crippen molar-refractivity contribution in [3.05, 3.63) is 35.6 Å². The first kappa shape index (κ1) is 16.4. The molecule has 23 heavy (non-hydrogen) atoms. The molecule has 1 aliphatic carbocycles. The quantitative estimate of drug-likeness (QED) is 0.871. The number of hydrogen-bond acceptors (Lipinski definition) is 3. The maximum Gasteiger partial charge on any atom is 0.223 e. The van der Waals surface area contributed by atoms with Crippen molar-refractivity contribution in [2.45, 2.75) is 31.8 Å². The fourth-order valence-corrected chi connectivity index (χ4v) is 3.35. The Hall–Kier alpha value is -1.46. The molecular formula is C18H25FN2O2. The van der Waals surface area contributed by atoms with E-state index in [1.165, 1.54) is 12.1 Å². The second-order valence-corrected chi connectivity index (χ2v) is 6.99. The minimum Gasteiger partial charge on any atom is -0.385 e. The molecule has 2 atom stereocenters. The van der Waals surface area contributed by atoms with E-state index in [2.05, 4.69) is 17.1 Å². The number of aliphatic hydroxyl groups is 1. The zero-order valence-electron chi connectivity index (χ0n) is 13.6. The van der Waals surface area contributed by atoms with Gasteiger partial charge >= 0.3 is 0 Å². The van der Waals surface area contributed by atoms with Crippen molar-refractivity contribution in [2.75, 3.05) is 26.2 Å². The molecule has 2 aliphatic rings. The number of carbonyl (C=O) groups is 1. The van der Waals surface area contributed by atoms with Crippen LogP contribution < -0.4 is 5.32 Å². The molecule has 3 rings (SSSR count). The second-order valence-electron chi connectivity index (χ2n) is 6.99. The summed E-state index contributed by atoms with van der Waals surface area (Å²) in [6.07, 6.45) is 2.28. The molecule has 1 aromatic carbocycles. The topological polar surface area (TPSA) is 52.6 Å². The highest BCUT2D eigenvalue weighted by Crippen LogP contribution is 2.37. The molecule has 0 radical (unpaired) electrons. The van der Waals surface area contributed by atoms with Crippen LogP contribution >= 0.6 is 0 Å². The number of hydrogen-bond donors (Lipinski definition) is 2. The third-order valence-electron chi connectivity index (χ3n) is 5.24. The molecular weight excluding hydrogens is 295 g/mol. The SMILES string of the molecule is CC1CC1C(=O)NCCN1CCC(O)(c2ccc(F)cc2)CC1. The molecule has 0 spiro atoms. The largest absolute Gasteiger partial charge is 0.385 e. The zero-order chi connectivity index (χ0) is 16.4. The highest BCUT2D eigenvalue weighted by Gasteiger charge is 2.39. The van der Waals surface area contributed by atoms with E-state index in [4.69, 9.17) is 0 Å². The number of nitrogens with zero attached hydrogens (tertiary/aromatic N) is 1. The lowest BCUT2D eigenvalue weighted by Gasteiger charge is -2.38. The molecule has 1 aliphatic heterocycles. The van der Waals surface area contributed by atoms with E-state index in [0.29, 0.717) is 25.3 Å². The Morgan fingerprint density at radius 3 is 2.52 bits per heavy atom. The Morgan fingerprint density at radius 2 is 1.96 bits per heavy atom. The molecule has 2 N–H and O–H groups in total. The lowest BCUT2D eigenvalue weighted by molar-refractivity contribution is -0.122. The van der Waals surface area contributed by atoms with Crippen molar-refractivity contribution in [3.63, 3.8) is 0 Å². The van der Waals surface area contributed by atoms with Gasteiger partial charge in [-0.05, 0) is 42.9 Å². The van der Waals surface area contributed by atoms with Crippen LogP contribution in [0, 0.1) is 17.7 Å². The maximum atomic E-state index is 13.0. The van der Waals surface area contributed by atoms with E-state index < -0.39 is 5.60 Å². The fourth-order valence-electron chi connectivity index (χ4n) is 3.35. The summed E-state index contributed by atoms with van der Waals surface area (Å²) in [5.74, 6) is 0.656. The van der Waals surface area contributed by atoms with Gasteiger partial charge in [-0.2, -0.15) is 0 Å². The van der Waals surface area contributed by atoms with Gasteiger partial charge in [-0.3, -0.25) is 4.79 Å². The molecule has 1 heterocycles. The maximum absolute atomic E-state index is 13.0. The van der Waals surface area contributed by atoms with Gasteiger partial charge in [0.2, 0.25) is 5.91 Å². The van der Waals surface area contributed by atoms with Gasteiger partial charge in [0.1, 0.15) is 5.82 Å². The van der Waals surface area contributed by atoms with Crippen molar-refractivity contribution in [3.8, 4) is 0 Å². The second kappa shape index (κ2) is 6.57. The summed E-state index contributed by atoms with van der Waals surface area (Å²) < 4.78 is 13.0. The molecule has 1 saturated heterocycles. The van der Waals surface area contributed by atoms with Crippen molar-refractivity contribution in [1.29, 1.82) is 0 Å². The first-order chi connectivity index (χ1) is 11.0. The van der Waals surface area contributed by atoms with Gasteiger partial charge in [0, 0.05) is 32.1 Å². The number of nitrogens with one attached hydrogen (secondary N) is 1. The average molecular weight is 320 g/mol. The Balaban J connectivity index is 1.43. The highest BCUT2D eigenvalue weighted by molar-refractivity contribution is 5.81. The first-order valence-corrected chi connectivity index (χ1v) is 8.46. The van der Waals surface area contributed by atoms with Crippen LogP contribution in [0.1, 0.15) is 31.7 Å². The summed E-state index contributed by atoms with van der Waals surface area (Å²) in [4.78, 5) is 14.0. The molecule has 2 unspecified atom stereocenters. The summed E-state index contributed by atoms with van der Waals surface area (Å²) in [5, 5.41) is 13.8. The number of carbonyl (C=O) groups excluding carboxylic acids is 1. The molecule has 0 bridgehead atoms. The molecule has 1 aromatic rings. The van der Waals surface area contributed by atoms with Gasteiger partial charge in [0.05, 0.1) is 5.60 Å². The molecule has 1 saturated carbocycles. The molecule has 1 amide bonds. The van der Waals surface area contributed by atoms with Crippen LogP contribution in [0.15, 0.2) is 24.3 Å². The van der Waals surface area contributed by atoms with Crippen molar-refractivity contribution in [2.24, 2.45) is 11.8 Å². The third-order valence-corrected chi connectivity index (χ3v) is 5.24. The minimum absolute atomic E-state index is 0.178. The number of benzene rings is 1. The van der Waals surface area contributed by atoms with Crippen LogP contribution in [0.2, 0.25) is 0 Å². The van der Waals surface area contributed by atoms with Crippen molar-refractivity contribution >= 4 is 5.91 Å². The number of rotatable bonds is 5. The number of halogens is 1. The normalized spacial score (nSPS) is 26.7. The van der Waals surface area contributed by atoms with Gasteiger partial charge in [-0.1, -0.05) is 19.1 Å². The predicted octanol–water partition coefficient (Wildman–Crippen LogP) is 1.88. The molecule has 4 nitrogen and oxygen atoms in total. The fraction of sp³-hybridized carbons (Fsp3) is 0.611. The molecule has 0 aromatic heterocycles. The lowest BCUT2D eigenvalue weighted by atomic mass is 9.84. The van der Waals surface area contributed by atoms with Gasteiger partial charge < -0.3 is 15.3 Å². The Morgan fingerprint density at radius 1 is 1.35 bits per heavy atom. The summed E-state index contributed by atoms with van der Waals surface area (Å²) >= 11 is 0. The van der Waals surface area contributed by atoms with Crippen molar-refractivity contribution in [1.82, 2.24) is 10.2 Å². The summed E-state index contributed by atoms with van der Waals surface area (Å²) in [6, 6.07) is 6.13. The number of piperidine rings is 1. The van der Waals surface area contributed by atoms with Crippen LogP contribution in [0.3, 0.4) is 0 Å². The summed E-state index contributed by atoms with van der Waals surface area (Å²) in [7, 11) is 0. The standard InChI is InChI=1S/C18H25FN2O2/c1-13-12-16(13)17(22)20-8-11-21-9-6-18(23,7-10-21)14-2-4-15(19)5-3-14/h2-5,13,16,23H,6-12H2,1H3,(H,20,22). The molecule has 5 heteroatoms. The van der Waals surface area contributed by atoms with Crippen LogP contribution in [0.25, 0.3) is 0 Å². The zero-order valence-corrected chi connectivity index (χ0v) is 13.6. The van der Waals surface area contributed by atoms with Crippen LogP contribution in [-0.2, 0) is 10.4 Å². The van der Waals surface area contributed by atoms with Gasteiger partial charge in [0.15, 0.2) is 0 Å². The van der Waals surface area contributed by atoms with E-state index >= 15 is 0 Å². The number of amides is 1. The van der Waals surface area contributed by atoms with E-state index in [1.54, 1.807) is 12.1 Å². The predicted molar refractivity (Wildman–Crippen MR) is 86.3 cm³/mol. The Bertz CT molecular complexity index is 553. The number of likely N-dealkylation sites (tertiary alicyclic amines) is 1. The Kier molecular flexibility index (Phi) is 4.69. The Labute approximate surface area is 136 Å². The van der Waals surface area contributed by atoms with E-state index in [9.17, 15) is 14.3 Å². The average Bonchev–Trinajstić information content (AvgIpc) is 3.27. The van der Waals surface area contributed by atoms with Crippen LogP contribution in [0.5, 0.6) is 0 Å². The lowest BCUT2D eigenvalue weighted by Crippen LogP contribution is -2.45. The van der Waals surface area contributed by atoms with Gasteiger partial charge in [-0.25, -0.2) is 4.39 Å². The van der Waals surface area contributed by atoms with Crippen LogP contribution in [-0.4, -0.2) is 42.1 Å². The van der Waals surface area contributed by atoms with E-state index in [1.807, 2.05) is 0 Å². The minimum atomic E-state index is -0.864. The first-order valence-electron chi connectivity index (χ1n) is 8.46. The van der Waals surface area contributed by atoms with Crippen LogP contribution in [0.4, 0.5) is 4.39 Å². The third kappa shape index (κ3) is 3.90. The molecule has 126 valence electrons. The van der Waals surface area contributed by atoms with Crippen molar-refractivity contribution < 1.29 is 14.3 Å². The summed E-state index contributed by atoms with van der Waals surface area (Å²) in [6.45, 7) is 5.14. The smallest absolute Gasteiger partial charge is 0.223 e. The summed E-state index contributed by atoms with van der Waals surface area (Å²) in [5.41, 5.74) is -0.0776. The van der Waals surface area contributed by atoms with Gasteiger partial charge in [0.25, 0.3) is 0 Å². The highest BCUT2D eigenvalue weighted by atomic mass is 19.1. The van der Waals surface area contributed by atoms with E-state index in [-0.39, 0.29) is 17.6 Å². The monoisotopic (exact) mass is 320 g/mol. The van der Waals surface area contributed by atoms with Gasteiger partial charge in [-0.15, -0.1) is 0 Å².